The van der Waals surface area contributed by atoms with Crippen LogP contribution in [0, 0.1) is 0 Å². The first kappa shape index (κ1) is 13.4. The van der Waals surface area contributed by atoms with E-state index in [0.29, 0.717) is 17.0 Å². The van der Waals surface area contributed by atoms with E-state index >= 15 is 0 Å². The fourth-order valence-corrected chi connectivity index (χ4v) is 3.09. The number of aromatic nitrogens is 2. The van der Waals surface area contributed by atoms with Gasteiger partial charge >= 0.3 is 0 Å². The van der Waals surface area contributed by atoms with Crippen LogP contribution in [-0.4, -0.2) is 19.2 Å². The second-order valence-electron chi connectivity index (χ2n) is 4.34. The van der Waals surface area contributed by atoms with Gasteiger partial charge in [-0.25, -0.2) is 0 Å². The maximum Gasteiger partial charge on any atom is 0.0749 e. The molecule has 0 aliphatic rings. The molecule has 0 fully saturated rings. The Kier molecular flexibility index (Phi) is 5.19. The van der Waals surface area contributed by atoms with E-state index in [1.807, 2.05) is 16.9 Å². The summed E-state index contributed by atoms with van der Waals surface area (Å²) < 4.78 is 13.9. The van der Waals surface area contributed by atoms with Crippen molar-refractivity contribution in [2.45, 2.75) is 57.6 Å². The molecule has 3 nitrogen and oxygen atoms in total. The van der Waals surface area contributed by atoms with Crippen LogP contribution in [0.3, 0.4) is 0 Å². The molecule has 0 aliphatic heterocycles. The van der Waals surface area contributed by atoms with Gasteiger partial charge in [-0.05, 0) is 32.8 Å². The first-order chi connectivity index (χ1) is 7.58. The largest absolute Gasteiger partial charge is 0.270 e. The van der Waals surface area contributed by atoms with Crippen LogP contribution in [0.25, 0.3) is 0 Å². The number of hydrogen-bond donors (Lipinski definition) is 0. The van der Waals surface area contributed by atoms with Crippen LogP contribution in [0.15, 0.2) is 12.3 Å². The maximum atomic E-state index is 12.0. The van der Waals surface area contributed by atoms with Gasteiger partial charge in [0.2, 0.25) is 0 Å². The van der Waals surface area contributed by atoms with E-state index in [1.165, 1.54) is 0 Å². The molecule has 1 heterocycles. The van der Waals surface area contributed by atoms with Gasteiger partial charge in [-0.3, -0.25) is 8.89 Å². The summed E-state index contributed by atoms with van der Waals surface area (Å²) in [6.07, 6.45) is 3.92. The predicted molar refractivity (Wildman–Crippen MR) is 68.8 cm³/mol. The van der Waals surface area contributed by atoms with Crippen molar-refractivity contribution >= 4 is 10.8 Å². The van der Waals surface area contributed by atoms with Gasteiger partial charge in [-0.1, -0.05) is 13.8 Å². The van der Waals surface area contributed by atoms with Gasteiger partial charge in [-0.2, -0.15) is 5.10 Å². The van der Waals surface area contributed by atoms with Crippen molar-refractivity contribution in [3.05, 3.63) is 18.0 Å². The molecule has 16 heavy (non-hydrogen) atoms. The van der Waals surface area contributed by atoms with Crippen LogP contribution in [0.4, 0.5) is 0 Å². The van der Waals surface area contributed by atoms with Crippen molar-refractivity contribution in [3.63, 3.8) is 0 Å². The summed E-state index contributed by atoms with van der Waals surface area (Å²) in [4.78, 5) is 0. The SMILES string of the molecule is CCC(CC)S(=O)Cc1ccn(C(C)C)n1. The van der Waals surface area contributed by atoms with Crippen molar-refractivity contribution in [2.75, 3.05) is 0 Å². The molecular weight excluding hydrogens is 220 g/mol. The van der Waals surface area contributed by atoms with Crippen LogP contribution in [0.2, 0.25) is 0 Å². The molecule has 1 unspecified atom stereocenters. The second kappa shape index (κ2) is 6.18. The summed E-state index contributed by atoms with van der Waals surface area (Å²) in [7, 11) is -0.785. The van der Waals surface area contributed by atoms with Gasteiger partial charge in [0, 0.05) is 28.3 Å². The molecule has 4 heteroatoms. The lowest BCUT2D eigenvalue weighted by Gasteiger charge is -2.10. The Morgan fingerprint density at radius 1 is 1.38 bits per heavy atom. The van der Waals surface area contributed by atoms with Gasteiger partial charge in [0.25, 0.3) is 0 Å². The quantitative estimate of drug-likeness (QED) is 0.769. The third-order valence-electron chi connectivity index (χ3n) is 2.77. The van der Waals surface area contributed by atoms with Crippen molar-refractivity contribution in [3.8, 4) is 0 Å². The van der Waals surface area contributed by atoms with E-state index in [4.69, 9.17) is 0 Å². The predicted octanol–water partition coefficient (Wildman–Crippen LogP) is 2.90. The third kappa shape index (κ3) is 3.44. The lowest BCUT2D eigenvalue weighted by Crippen LogP contribution is -2.15. The van der Waals surface area contributed by atoms with Crippen LogP contribution in [0.5, 0.6) is 0 Å². The van der Waals surface area contributed by atoms with E-state index < -0.39 is 10.8 Å². The Hall–Kier alpha value is -0.640. The molecule has 1 aromatic heterocycles. The number of nitrogens with zero attached hydrogens (tertiary/aromatic N) is 2. The summed E-state index contributed by atoms with van der Waals surface area (Å²) in [6.45, 7) is 8.38. The monoisotopic (exact) mass is 242 g/mol. The highest BCUT2D eigenvalue weighted by Crippen LogP contribution is 2.12. The van der Waals surface area contributed by atoms with Gasteiger partial charge in [0.05, 0.1) is 11.4 Å². The Morgan fingerprint density at radius 3 is 2.44 bits per heavy atom. The molecule has 0 radical (unpaired) electrons. The summed E-state index contributed by atoms with van der Waals surface area (Å²) in [5, 5.41) is 4.73. The minimum atomic E-state index is -0.785. The van der Waals surface area contributed by atoms with E-state index in [2.05, 4.69) is 32.8 Å². The first-order valence-corrected chi connectivity index (χ1v) is 7.37. The molecule has 0 aliphatic carbocycles. The first-order valence-electron chi connectivity index (χ1n) is 5.99. The highest BCUT2D eigenvalue weighted by Gasteiger charge is 2.14. The fourth-order valence-electron chi connectivity index (χ4n) is 1.67. The lowest BCUT2D eigenvalue weighted by atomic mass is 10.3. The molecule has 0 amide bonds. The van der Waals surface area contributed by atoms with Crippen LogP contribution < -0.4 is 0 Å². The fraction of sp³-hybridized carbons (Fsp3) is 0.750. The molecule has 0 spiro atoms. The number of hydrogen-bond acceptors (Lipinski definition) is 2. The Labute approximate surface area is 101 Å². The molecular formula is C12H22N2OS. The lowest BCUT2D eigenvalue weighted by molar-refractivity contribution is 0.528. The maximum absolute atomic E-state index is 12.0. The molecule has 0 N–H and O–H groups in total. The van der Waals surface area contributed by atoms with Crippen LogP contribution in [0.1, 0.15) is 52.3 Å². The molecule has 0 saturated heterocycles. The average molecular weight is 242 g/mol. The number of rotatable bonds is 6. The Bertz CT molecular complexity index is 343. The molecule has 0 bridgehead atoms. The molecule has 0 aromatic carbocycles. The van der Waals surface area contributed by atoms with E-state index in [1.54, 1.807) is 0 Å². The third-order valence-corrected chi connectivity index (χ3v) is 4.76. The Morgan fingerprint density at radius 2 is 2.00 bits per heavy atom. The summed E-state index contributed by atoms with van der Waals surface area (Å²) in [5.74, 6) is 0.589. The Balaban J connectivity index is 2.62. The van der Waals surface area contributed by atoms with Crippen molar-refractivity contribution in [1.29, 1.82) is 0 Å². The van der Waals surface area contributed by atoms with Crippen molar-refractivity contribution in [1.82, 2.24) is 9.78 Å². The molecule has 1 atom stereocenters. The second-order valence-corrected chi connectivity index (χ2v) is 6.06. The average Bonchev–Trinajstić information content (AvgIpc) is 2.68. The van der Waals surface area contributed by atoms with Crippen molar-refractivity contribution < 1.29 is 4.21 Å². The van der Waals surface area contributed by atoms with E-state index in [-0.39, 0.29) is 0 Å². The zero-order chi connectivity index (χ0) is 12.1. The molecule has 1 aromatic rings. The topological polar surface area (TPSA) is 34.9 Å². The van der Waals surface area contributed by atoms with Crippen LogP contribution >= 0.6 is 0 Å². The van der Waals surface area contributed by atoms with Gasteiger partial charge in [0.15, 0.2) is 0 Å². The standard InChI is InChI=1S/C12H22N2OS/c1-5-12(6-2)16(15)9-11-7-8-14(13-11)10(3)4/h7-8,10,12H,5-6,9H2,1-4H3. The minimum absolute atomic E-state index is 0.309. The van der Waals surface area contributed by atoms with Crippen LogP contribution in [-0.2, 0) is 16.6 Å². The normalized spacial score (nSPS) is 13.6. The summed E-state index contributed by atoms with van der Waals surface area (Å²) >= 11 is 0. The summed E-state index contributed by atoms with van der Waals surface area (Å²) in [6, 6.07) is 2.34. The van der Waals surface area contributed by atoms with Gasteiger partial charge in [0.1, 0.15) is 0 Å². The van der Waals surface area contributed by atoms with E-state index in [9.17, 15) is 4.21 Å². The minimum Gasteiger partial charge on any atom is -0.270 e. The van der Waals surface area contributed by atoms with Crippen molar-refractivity contribution in [2.24, 2.45) is 0 Å². The zero-order valence-corrected chi connectivity index (χ0v) is 11.5. The summed E-state index contributed by atoms with van der Waals surface area (Å²) in [5.41, 5.74) is 0.943. The van der Waals surface area contributed by atoms with E-state index in [0.717, 1.165) is 18.5 Å². The highest BCUT2D eigenvalue weighted by molar-refractivity contribution is 7.84. The zero-order valence-electron chi connectivity index (χ0n) is 10.6. The van der Waals surface area contributed by atoms with Gasteiger partial charge < -0.3 is 0 Å². The molecule has 0 saturated carbocycles. The molecule has 1 rings (SSSR count). The van der Waals surface area contributed by atoms with Gasteiger partial charge in [-0.15, -0.1) is 0 Å². The molecule has 92 valence electrons. The highest BCUT2D eigenvalue weighted by atomic mass is 32.2. The smallest absolute Gasteiger partial charge is 0.0749 e.